The molecule has 0 aliphatic carbocycles. The smallest absolute Gasteiger partial charge is 0.254 e. The van der Waals surface area contributed by atoms with Crippen molar-refractivity contribution in [2.45, 2.75) is 6.54 Å². The molecule has 2 heterocycles. The van der Waals surface area contributed by atoms with E-state index in [1.54, 1.807) is 35.4 Å². The van der Waals surface area contributed by atoms with Crippen LogP contribution in [0.2, 0.25) is 0 Å². The number of hydrogen-bond donors (Lipinski definition) is 2. The number of aromatic nitrogens is 3. The number of pyridine rings is 1. The Bertz CT molecular complexity index is 911. The van der Waals surface area contributed by atoms with Gasteiger partial charge in [-0.05, 0) is 29.8 Å². The van der Waals surface area contributed by atoms with E-state index < -0.39 is 17.6 Å². The Labute approximate surface area is 148 Å². The summed E-state index contributed by atoms with van der Waals surface area (Å²) < 4.78 is 15.2. The van der Waals surface area contributed by atoms with E-state index in [0.29, 0.717) is 12.4 Å². The van der Waals surface area contributed by atoms with Crippen LogP contribution in [0.4, 0.5) is 10.2 Å². The van der Waals surface area contributed by atoms with Gasteiger partial charge in [0.1, 0.15) is 5.82 Å². The van der Waals surface area contributed by atoms with Crippen LogP contribution in [-0.4, -0.2) is 33.1 Å². The van der Waals surface area contributed by atoms with Gasteiger partial charge in [0, 0.05) is 24.7 Å². The van der Waals surface area contributed by atoms with Crippen molar-refractivity contribution in [2.75, 3.05) is 11.9 Å². The third-order valence-corrected chi connectivity index (χ3v) is 3.53. The lowest BCUT2D eigenvalue weighted by atomic mass is 10.2. The van der Waals surface area contributed by atoms with Crippen molar-refractivity contribution in [3.63, 3.8) is 0 Å². The van der Waals surface area contributed by atoms with Crippen molar-refractivity contribution in [2.24, 2.45) is 0 Å². The number of hydrogen-bond acceptors (Lipinski definition) is 4. The van der Waals surface area contributed by atoms with Crippen molar-refractivity contribution in [3.05, 3.63) is 78.0 Å². The average Bonchev–Trinajstić information content (AvgIpc) is 3.07. The standard InChI is InChI=1S/C18H16FN5O2/c19-15-4-2-1-3-14(15)18(26)21-11-17(25)22-16-7-10-24(23-16)12-13-5-8-20-9-6-13/h1-10H,11-12H2,(H,21,26)(H,22,23,25). The molecule has 0 aliphatic rings. The Hall–Kier alpha value is -3.55. The molecule has 2 amide bonds. The fourth-order valence-corrected chi connectivity index (χ4v) is 2.28. The first-order chi connectivity index (χ1) is 12.6. The van der Waals surface area contributed by atoms with E-state index in [0.717, 1.165) is 5.56 Å². The average molecular weight is 353 g/mol. The minimum absolute atomic E-state index is 0.109. The van der Waals surface area contributed by atoms with Crippen LogP contribution >= 0.6 is 0 Å². The molecule has 26 heavy (non-hydrogen) atoms. The van der Waals surface area contributed by atoms with Crippen LogP contribution < -0.4 is 10.6 Å². The monoisotopic (exact) mass is 353 g/mol. The van der Waals surface area contributed by atoms with Crippen molar-refractivity contribution in [3.8, 4) is 0 Å². The minimum atomic E-state index is -0.651. The molecule has 2 N–H and O–H groups in total. The summed E-state index contributed by atoms with van der Waals surface area (Å²) in [5, 5.41) is 9.19. The lowest BCUT2D eigenvalue weighted by Gasteiger charge is -2.06. The number of benzene rings is 1. The Balaban J connectivity index is 1.51. The fourth-order valence-electron chi connectivity index (χ4n) is 2.28. The molecule has 8 heteroatoms. The van der Waals surface area contributed by atoms with Crippen LogP contribution in [0.15, 0.2) is 61.1 Å². The first-order valence-electron chi connectivity index (χ1n) is 7.87. The Morgan fingerprint density at radius 1 is 1.08 bits per heavy atom. The molecular formula is C18H16FN5O2. The number of amides is 2. The lowest BCUT2D eigenvalue weighted by molar-refractivity contribution is -0.115. The van der Waals surface area contributed by atoms with Crippen molar-refractivity contribution in [1.29, 1.82) is 0 Å². The first kappa shape index (κ1) is 17.3. The third-order valence-electron chi connectivity index (χ3n) is 3.53. The van der Waals surface area contributed by atoms with Gasteiger partial charge in [0.2, 0.25) is 5.91 Å². The number of halogens is 1. The molecule has 0 fully saturated rings. The summed E-state index contributed by atoms with van der Waals surface area (Å²) >= 11 is 0. The second kappa shape index (κ2) is 8.02. The molecule has 132 valence electrons. The highest BCUT2D eigenvalue weighted by Crippen LogP contribution is 2.07. The first-order valence-corrected chi connectivity index (χ1v) is 7.87. The molecule has 7 nitrogen and oxygen atoms in total. The van der Waals surface area contributed by atoms with Crippen molar-refractivity contribution < 1.29 is 14.0 Å². The molecule has 0 aliphatic heterocycles. The largest absolute Gasteiger partial charge is 0.343 e. The maximum atomic E-state index is 13.5. The summed E-state index contributed by atoms with van der Waals surface area (Å²) in [4.78, 5) is 27.7. The van der Waals surface area contributed by atoms with Gasteiger partial charge in [0.25, 0.3) is 5.91 Å². The zero-order chi connectivity index (χ0) is 18.4. The molecule has 0 bridgehead atoms. The Morgan fingerprint density at radius 3 is 2.62 bits per heavy atom. The summed E-state index contributed by atoms with van der Waals surface area (Å²) in [7, 11) is 0. The van der Waals surface area contributed by atoms with Gasteiger partial charge in [-0.15, -0.1) is 0 Å². The van der Waals surface area contributed by atoms with Gasteiger partial charge in [0.15, 0.2) is 5.82 Å². The topological polar surface area (TPSA) is 88.9 Å². The van der Waals surface area contributed by atoms with Gasteiger partial charge in [-0.25, -0.2) is 4.39 Å². The maximum absolute atomic E-state index is 13.5. The maximum Gasteiger partial charge on any atom is 0.254 e. The molecule has 0 atom stereocenters. The van der Waals surface area contributed by atoms with E-state index in [1.165, 1.54) is 18.2 Å². The molecule has 0 saturated heterocycles. The number of anilines is 1. The quantitative estimate of drug-likeness (QED) is 0.708. The zero-order valence-electron chi connectivity index (χ0n) is 13.7. The van der Waals surface area contributed by atoms with E-state index in [1.807, 2.05) is 12.1 Å². The number of nitrogens with zero attached hydrogens (tertiary/aromatic N) is 3. The number of carbonyl (C=O) groups excluding carboxylic acids is 2. The van der Waals surface area contributed by atoms with Crippen LogP contribution in [-0.2, 0) is 11.3 Å². The van der Waals surface area contributed by atoms with Gasteiger partial charge >= 0.3 is 0 Å². The van der Waals surface area contributed by atoms with E-state index in [2.05, 4.69) is 20.7 Å². The molecule has 3 aromatic rings. The summed E-state index contributed by atoms with van der Waals surface area (Å²) in [6.07, 6.45) is 5.12. The highest BCUT2D eigenvalue weighted by Gasteiger charge is 2.12. The third kappa shape index (κ3) is 4.50. The van der Waals surface area contributed by atoms with Gasteiger partial charge in [-0.2, -0.15) is 5.10 Å². The van der Waals surface area contributed by atoms with Gasteiger partial charge in [-0.1, -0.05) is 12.1 Å². The van der Waals surface area contributed by atoms with E-state index >= 15 is 0 Å². The van der Waals surface area contributed by atoms with Gasteiger partial charge in [-0.3, -0.25) is 19.3 Å². The summed E-state index contributed by atoms with van der Waals surface area (Å²) in [6.45, 7) is 0.257. The lowest BCUT2D eigenvalue weighted by Crippen LogP contribution is -2.33. The zero-order valence-corrected chi connectivity index (χ0v) is 13.7. The van der Waals surface area contributed by atoms with Gasteiger partial charge in [0.05, 0.1) is 18.7 Å². The molecule has 0 saturated carbocycles. The second-order valence-corrected chi connectivity index (χ2v) is 5.46. The molecule has 2 aromatic heterocycles. The Kier molecular flexibility index (Phi) is 5.33. The molecule has 0 radical (unpaired) electrons. The summed E-state index contributed by atoms with van der Waals surface area (Å²) in [5.74, 6) is -1.38. The number of rotatable bonds is 6. The van der Waals surface area contributed by atoms with E-state index in [9.17, 15) is 14.0 Å². The predicted octanol–water partition coefficient (Wildman–Crippen LogP) is 1.83. The minimum Gasteiger partial charge on any atom is -0.343 e. The summed E-state index contributed by atoms with van der Waals surface area (Å²) in [5.41, 5.74) is 0.917. The van der Waals surface area contributed by atoms with E-state index in [4.69, 9.17) is 0 Å². The van der Waals surface area contributed by atoms with Crippen LogP contribution in [0, 0.1) is 5.82 Å². The van der Waals surface area contributed by atoms with Crippen LogP contribution in [0.5, 0.6) is 0 Å². The van der Waals surface area contributed by atoms with Crippen LogP contribution in [0.3, 0.4) is 0 Å². The summed E-state index contributed by atoms with van der Waals surface area (Å²) in [6, 6.07) is 11.0. The molecule has 0 spiro atoms. The molecule has 3 rings (SSSR count). The van der Waals surface area contributed by atoms with E-state index in [-0.39, 0.29) is 12.1 Å². The highest BCUT2D eigenvalue weighted by molar-refractivity contribution is 5.99. The van der Waals surface area contributed by atoms with Crippen LogP contribution in [0.25, 0.3) is 0 Å². The molecular weight excluding hydrogens is 337 g/mol. The van der Waals surface area contributed by atoms with Crippen LogP contribution in [0.1, 0.15) is 15.9 Å². The second-order valence-electron chi connectivity index (χ2n) is 5.46. The normalized spacial score (nSPS) is 10.3. The van der Waals surface area contributed by atoms with Crippen molar-refractivity contribution in [1.82, 2.24) is 20.1 Å². The van der Waals surface area contributed by atoms with Gasteiger partial charge < -0.3 is 10.6 Å². The predicted molar refractivity (Wildman–Crippen MR) is 92.9 cm³/mol. The number of nitrogens with one attached hydrogen (secondary N) is 2. The fraction of sp³-hybridized carbons (Fsp3) is 0.111. The number of carbonyl (C=O) groups is 2. The Morgan fingerprint density at radius 2 is 1.85 bits per heavy atom. The molecule has 0 unspecified atom stereocenters. The highest BCUT2D eigenvalue weighted by atomic mass is 19.1. The van der Waals surface area contributed by atoms with Crippen molar-refractivity contribution >= 4 is 17.6 Å². The molecule has 1 aromatic carbocycles. The SMILES string of the molecule is O=C(CNC(=O)c1ccccc1F)Nc1ccn(Cc2ccncc2)n1.